The molecule has 0 radical (unpaired) electrons. The molecule has 3 N–H and O–H groups in total. The number of fused-ring (bicyclic) bond motifs is 1. The minimum atomic E-state index is -0.164. The second-order valence-electron chi connectivity index (χ2n) is 8.06. The van der Waals surface area contributed by atoms with E-state index in [0.29, 0.717) is 17.8 Å². The number of hydrogen-bond acceptors (Lipinski definition) is 7. The Hall–Kier alpha value is -2.65. The van der Waals surface area contributed by atoms with Gasteiger partial charge in [0.05, 0.1) is 25.1 Å². The zero-order valence-electron chi connectivity index (χ0n) is 16.4. The van der Waals surface area contributed by atoms with Gasteiger partial charge in [0.2, 0.25) is 5.95 Å². The van der Waals surface area contributed by atoms with Crippen LogP contribution in [-0.2, 0) is 0 Å². The first-order valence-electron chi connectivity index (χ1n) is 10.4. The average molecular weight is 397 g/mol. The van der Waals surface area contributed by atoms with E-state index in [9.17, 15) is 10.2 Å². The topological polar surface area (TPSA) is 104 Å². The zero-order chi connectivity index (χ0) is 19.8. The van der Waals surface area contributed by atoms with E-state index < -0.39 is 0 Å². The molecule has 1 saturated heterocycles. The van der Waals surface area contributed by atoms with Crippen molar-refractivity contribution in [3.8, 4) is 0 Å². The lowest BCUT2D eigenvalue weighted by Crippen LogP contribution is -2.34. The summed E-state index contributed by atoms with van der Waals surface area (Å²) in [5.41, 5.74) is 0.879. The van der Waals surface area contributed by atoms with E-state index in [1.807, 2.05) is 35.4 Å². The number of imidazole rings is 1. The summed E-state index contributed by atoms with van der Waals surface area (Å²) in [5.74, 6) is 2.06. The van der Waals surface area contributed by atoms with Crippen LogP contribution >= 0.6 is 0 Å². The molecule has 3 aromatic rings. The van der Waals surface area contributed by atoms with Crippen LogP contribution in [0.1, 0.15) is 44.6 Å². The minimum absolute atomic E-state index is 0.0664. The predicted molar refractivity (Wildman–Crippen MR) is 109 cm³/mol. The Morgan fingerprint density at radius 2 is 2.03 bits per heavy atom. The van der Waals surface area contributed by atoms with Crippen molar-refractivity contribution in [1.29, 1.82) is 0 Å². The smallest absolute Gasteiger partial charge is 0.245 e. The van der Waals surface area contributed by atoms with E-state index in [1.54, 1.807) is 0 Å². The largest absolute Gasteiger partial charge is 0.394 e. The summed E-state index contributed by atoms with van der Waals surface area (Å²) in [5, 5.41) is 27.4. The summed E-state index contributed by atoms with van der Waals surface area (Å²) < 4.78 is 3.95. The first-order chi connectivity index (χ1) is 14.2. The summed E-state index contributed by atoms with van der Waals surface area (Å²) in [4.78, 5) is 11.4. The molecule has 0 spiro atoms. The van der Waals surface area contributed by atoms with Gasteiger partial charge in [0, 0.05) is 25.0 Å². The zero-order valence-corrected chi connectivity index (χ0v) is 16.4. The van der Waals surface area contributed by atoms with E-state index in [1.165, 1.54) is 0 Å². The number of anilines is 3. The highest BCUT2D eigenvalue weighted by Crippen LogP contribution is 2.30. The van der Waals surface area contributed by atoms with Gasteiger partial charge in [-0.2, -0.15) is 4.98 Å². The van der Waals surface area contributed by atoms with Crippen LogP contribution in [0.4, 0.5) is 17.6 Å². The van der Waals surface area contributed by atoms with Gasteiger partial charge < -0.3 is 25.0 Å². The van der Waals surface area contributed by atoms with Gasteiger partial charge in [0.1, 0.15) is 11.3 Å². The van der Waals surface area contributed by atoms with E-state index >= 15 is 0 Å². The van der Waals surface area contributed by atoms with Crippen molar-refractivity contribution in [1.82, 2.24) is 24.1 Å². The Labute approximate surface area is 169 Å². The third-order valence-corrected chi connectivity index (χ3v) is 6.16. The third-order valence-electron chi connectivity index (χ3n) is 6.16. The van der Waals surface area contributed by atoms with Gasteiger partial charge in [-0.1, -0.05) is 0 Å². The van der Waals surface area contributed by atoms with Crippen molar-refractivity contribution in [2.24, 2.45) is 0 Å². The third kappa shape index (κ3) is 3.56. The molecule has 1 aliphatic heterocycles. The van der Waals surface area contributed by atoms with Crippen LogP contribution in [0.5, 0.6) is 0 Å². The van der Waals surface area contributed by atoms with E-state index in [4.69, 9.17) is 4.98 Å². The molecule has 0 amide bonds. The number of nitrogens with one attached hydrogen (secondary N) is 1. The number of aromatic nitrogens is 5. The maximum Gasteiger partial charge on any atom is 0.245 e. The number of hydrogen-bond donors (Lipinski definition) is 3. The van der Waals surface area contributed by atoms with Gasteiger partial charge in [-0.05, 0) is 50.7 Å². The fraction of sp³-hybridized carbons (Fsp3) is 0.550. The number of aliphatic hydroxyl groups excluding tert-OH is 2. The molecule has 9 nitrogen and oxygen atoms in total. The quantitative estimate of drug-likeness (QED) is 0.606. The van der Waals surface area contributed by atoms with Gasteiger partial charge in [-0.3, -0.25) is 0 Å². The minimum Gasteiger partial charge on any atom is -0.394 e. The first-order valence-corrected chi connectivity index (χ1v) is 10.4. The van der Waals surface area contributed by atoms with Gasteiger partial charge in [0.15, 0.2) is 5.82 Å². The Bertz CT molecular complexity index is 976. The standard InChI is InChI=1S/C20H27N7O2/c28-12-15-3-1-9-26(15)20-23-19(17-4-2-10-27(17)24-20)22-18-11-25(13-21-18)14-5-7-16(29)8-6-14/h2,4,10-11,13-16,28-29H,1,3,5-9,12H2,(H,22,23,24)/t14?,15-,16?/m0/s1. The Morgan fingerprint density at radius 3 is 2.86 bits per heavy atom. The van der Waals surface area contributed by atoms with Crippen LogP contribution < -0.4 is 10.2 Å². The SMILES string of the molecule is OC[C@@H]1CCCN1c1nc(Nc2cn(C3CCC(O)CC3)cn2)c2cccn2n1. The molecule has 2 fully saturated rings. The lowest BCUT2D eigenvalue weighted by molar-refractivity contribution is 0.110. The number of rotatable bonds is 5. The molecular weight excluding hydrogens is 370 g/mol. The highest BCUT2D eigenvalue weighted by Gasteiger charge is 2.27. The Balaban J connectivity index is 1.41. The highest BCUT2D eigenvalue weighted by atomic mass is 16.3. The van der Waals surface area contributed by atoms with Crippen molar-refractivity contribution in [2.75, 3.05) is 23.4 Å². The summed E-state index contributed by atoms with van der Waals surface area (Å²) in [7, 11) is 0. The fourth-order valence-corrected chi connectivity index (χ4v) is 4.50. The fourth-order valence-electron chi connectivity index (χ4n) is 4.50. The molecule has 2 aliphatic rings. The maximum atomic E-state index is 9.73. The molecule has 154 valence electrons. The van der Waals surface area contributed by atoms with Crippen LogP contribution in [0.2, 0.25) is 0 Å². The predicted octanol–water partition coefficient (Wildman–Crippen LogP) is 2.11. The van der Waals surface area contributed by atoms with Crippen molar-refractivity contribution < 1.29 is 10.2 Å². The molecule has 1 atom stereocenters. The van der Waals surface area contributed by atoms with Crippen LogP contribution in [-0.4, -0.2) is 59.7 Å². The van der Waals surface area contributed by atoms with Crippen molar-refractivity contribution in [3.05, 3.63) is 30.9 Å². The molecule has 1 saturated carbocycles. The molecule has 29 heavy (non-hydrogen) atoms. The number of nitrogens with zero attached hydrogens (tertiary/aromatic N) is 6. The number of aliphatic hydroxyl groups is 2. The molecule has 3 aromatic heterocycles. The molecule has 0 bridgehead atoms. The van der Waals surface area contributed by atoms with Crippen molar-refractivity contribution in [3.63, 3.8) is 0 Å². The van der Waals surface area contributed by atoms with E-state index in [0.717, 1.165) is 56.4 Å². The molecule has 1 aliphatic carbocycles. The van der Waals surface area contributed by atoms with Crippen molar-refractivity contribution >= 4 is 23.1 Å². The molecule has 5 rings (SSSR count). The Morgan fingerprint density at radius 1 is 1.17 bits per heavy atom. The van der Waals surface area contributed by atoms with Crippen LogP contribution in [0.25, 0.3) is 5.52 Å². The summed E-state index contributed by atoms with van der Waals surface area (Å²) in [6.45, 7) is 0.954. The summed E-state index contributed by atoms with van der Waals surface area (Å²) in [6.07, 6.45) is 11.2. The normalized spacial score (nSPS) is 25.0. The van der Waals surface area contributed by atoms with E-state index in [2.05, 4.69) is 24.9 Å². The lowest BCUT2D eigenvalue weighted by Gasteiger charge is -2.26. The molecule has 0 unspecified atom stereocenters. The second-order valence-corrected chi connectivity index (χ2v) is 8.06. The summed E-state index contributed by atoms with van der Waals surface area (Å²) in [6, 6.07) is 4.36. The molecule has 9 heteroatoms. The monoisotopic (exact) mass is 397 g/mol. The van der Waals surface area contributed by atoms with Crippen LogP contribution in [0.15, 0.2) is 30.9 Å². The van der Waals surface area contributed by atoms with Crippen molar-refractivity contribution in [2.45, 2.75) is 56.7 Å². The maximum absolute atomic E-state index is 9.73. The first kappa shape index (κ1) is 18.4. The van der Waals surface area contributed by atoms with Crippen LogP contribution in [0, 0.1) is 0 Å². The Kier molecular flexibility index (Phi) is 4.84. The van der Waals surface area contributed by atoms with Gasteiger partial charge in [-0.25, -0.2) is 9.50 Å². The molecule has 4 heterocycles. The molecular formula is C20H27N7O2. The lowest BCUT2D eigenvalue weighted by atomic mass is 9.93. The van der Waals surface area contributed by atoms with E-state index in [-0.39, 0.29) is 18.8 Å². The van der Waals surface area contributed by atoms with Gasteiger partial charge >= 0.3 is 0 Å². The van der Waals surface area contributed by atoms with Gasteiger partial charge in [-0.15, -0.1) is 5.10 Å². The second kappa shape index (κ2) is 7.64. The average Bonchev–Trinajstić information content (AvgIpc) is 3.48. The van der Waals surface area contributed by atoms with Gasteiger partial charge in [0.25, 0.3) is 0 Å². The van der Waals surface area contributed by atoms with Crippen LogP contribution in [0.3, 0.4) is 0 Å². The molecule has 0 aromatic carbocycles. The highest BCUT2D eigenvalue weighted by molar-refractivity contribution is 5.73. The summed E-state index contributed by atoms with van der Waals surface area (Å²) >= 11 is 0.